The molecule has 28 heavy (non-hydrogen) atoms. The Balaban J connectivity index is 1.42. The molecule has 2 aromatic rings. The van der Waals surface area contributed by atoms with Gasteiger partial charge in [0, 0.05) is 25.8 Å². The van der Waals surface area contributed by atoms with Gasteiger partial charge in [-0.1, -0.05) is 18.2 Å². The van der Waals surface area contributed by atoms with E-state index in [1.54, 1.807) is 7.05 Å². The molecule has 0 saturated carbocycles. The molecule has 8 heteroatoms. The maximum Gasteiger partial charge on any atom is 0.411 e. The number of carbonyl (C=O) groups is 1. The summed E-state index contributed by atoms with van der Waals surface area (Å²) in [5.74, 6) is 2.31. The Morgan fingerprint density at radius 1 is 1.07 bits per heavy atom. The lowest BCUT2D eigenvalue weighted by Gasteiger charge is -2.12. The molecule has 0 atom stereocenters. The van der Waals surface area contributed by atoms with E-state index in [1.165, 1.54) is 12.7 Å². The van der Waals surface area contributed by atoms with Gasteiger partial charge in [0.25, 0.3) is 0 Å². The van der Waals surface area contributed by atoms with Crippen LogP contribution in [0.25, 0.3) is 0 Å². The summed E-state index contributed by atoms with van der Waals surface area (Å²) >= 11 is 0. The highest BCUT2D eigenvalue weighted by molar-refractivity contribution is 5.84. The molecule has 0 aliphatic carbocycles. The van der Waals surface area contributed by atoms with Gasteiger partial charge in [0.05, 0.1) is 7.11 Å². The van der Waals surface area contributed by atoms with Crippen LogP contribution in [0.4, 0.5) is 10.5 Å². The van der Waals surface area contributed by atoms with Crippen molar-refractivity contribution in [1.29, 1.82) is 0 Å². The number of nitrogens with one attached hydrogen (secondary N) is 3. The summed E-state index contributed by atoms with van der Waals surface area (Å²) in [6.07, 6.45) is 0.351. The minimum atomic E-state index is -0.488. The number of methoxy groups -OCH3 is 1. The zero-order valence-electron chi connectivity index (χ0n) is 16.0. The third kappa shape index (κ3) is 5.29. The second-order valence-corrected chi connectivity index (χ2v) is 6.10. The fraction of sp³-hybridized carbons (Fsp3) is 0.300. The van der Waals surface area contributed by atoms with E-state index in [0.717, 1.165) is 36.0 Å². The molecule has 0 radical (unpaired) electrons. The molecular weight excluding hydrogens is 360 g/mol. The number of guanidine groups is 1. The molecule has 0 saturated heterocycles. The molecule has 0 fully saturated rings. The Morgan fingerprint density at radius 3 is 2.57 bits per heavy atom. The fourth-order valence-electron chi connectivity index (χ4n) is 2.70. The number of fused-ring (bicyclic) bond motifs is 1. The number of rotatable bonds is 6. The molecule has 148 valence electrons. The van der Waals surface area contributed by atoms with Gasteiger partial charge in [-0.3, -0.25) is 10.3 Å². The lowest BCUT2D eigenvalue weighted by molar-refractivity contribution is 0.174. The first-order valence-corrected chi connectivity index (χ1v) is 8.95. The minimum Gasteiger partial charge on any atom is -0.454 e. The van der Waals surface area contributed by atoms with E-state index in [0.29, 0.717) is 12.2 Å². The van der Waals surface area contributed by atoms with Crippen molar-refractivity contribution in [2.75, 3.05) is 32.8 Å². The highest BCUT2D eigenvalue weighted by Gasteiger charge is 2.12. The summed E-state index contributed by atoms with van der Waals surface area (Å²) in [7, 11) is 3.07. The third-order valence-corrected chi connectivity index (χ3v) is 4.21. The Hall–Kier alpha value is -3.42. The van der Waals surface area contributed by atoms with Crippen molar-refractivity contribution in [1.82, 2.24) is 10.6 Å². The van der Waals surface area contributed by atoms with Gasteiger partial charge in [-0.2, -0.15) is 0 Å². The molecule has 2 aromatic carbocycles. The summed E-state index contributed by atoms with van der Waals surface area (Å²) in [6, 6.07) is 13.5. The molecule has 0 spiro atoms. The van der Waals surface area contributed by atoms with Crippen molar-refractivity contribution in [3.05, 3.63) is 53.6 Å². The normalized spacial score (nSPS) is 12.4. The maximum absolute atomic E-state index is 11.2. The largest absolute Gasteiger partial charge is 0.454 e. The first-order chi connectivity index (χ1) is 13.7. The van der Waals surface area contributed by atoms with Crippen molar-refractivity contribution < 1.29 is 19.0 Å². The average molecular weight is 384 g/mol. The van der Waals surface area contributed by atoms with Crippen molar-refractivity contribution in [3.63, 3.8) is 0 Å². The van der Waals surface area contributed by atoms with Crippen LogP contribution in [0.15, 0.2) is 47.5 Å². The number of amides is 1. The molecule has 1 aliphatic rings. The summed E-state index contributed by atoms with van der Waals surface area (Å²) in [5.41, 5.74) is 2.91. The van der Waals surface area contributed by atoms with Crippen LogP contribution in [-0.2, 0) is 17.7 Å². The molecule has 3 N–H and O–H groups in total. The lowest BCUT2D eigenvalue weighted by atomic mass is 10.1. The van der Waals surface area contributed by atoms with E-state index in [1.807, 2.05) is 42.5 Å². The van der Waals surface area contributed by atoms with Crippen molar-refractivity contribution >= 4 is 17.7 Å². The molecule has 0 aromatic heterocycles. The smallest absolute Gasteiger partial charge is 0.411 e. The number of aliphatic imine (C=N–C) groups is 1. The van der Waals surface area contributed by atoms with Gasteiger partial charge in [-0.05, 0) is 41.8 Å². The van der Waals surface area contributed by atoms with Gasteiger partial charge in [0.2, 0.25) is 6.79 Å². The Morgan fingerprint density at radius 2 is 1.82 bits per heavy atom. The molecule has 1 aliphatic heterocycles. The highest BCUT2D eigenvalue weighted by Crippen LogP contribution is 2.32. The van der Waals surface area contributed by atoms with E-state index in [9.17, 15) is 4.79 Å². The summed E-state index contributed by atoms with van der Waals surface area (Å²) in [5, 5.41) is 9.18. The zero-order chi connectivity index (χ0) is 19.8. The summed E-state index contributed by atoms with van der Waals surface area (Å²) in [6.45, 7) is 1.64. The van der Waals surface area contributed by atoms with Gasteiger partial charge < -0.3 is 24.8 Å². The Labute approximate surface area is 163 Å². The number of benzene rings is 2. The van der Waals surface area contributed by atoms with E-state index < -0.39 is 6.09 Å². The van der Waals surface area contributed by atoms with Crippen molar-refractivity contribution in [3.8, 4) is 11.5 Å². The van der Waals surface area contributed by atoms with Gasteiger partial charge in [0.15, 0.2) is 17.5 Å². The van der Waals surface area contributed by atoms with Gasteiger partial charge in [-0.25, -0.2) is 4.79 Å². The van der Waals surface area contributed by atoms with E-state index >= 15 is 0 Å². The SMILES string of the molecule is CN=C(NCCc1ccc2c(c1)OCO2)NCc1ccc(NC(=O)OC)cc1. The minimum absolute atomic E-state index is 0.285. The predicted molar refractivity (Wildman–Crippen MR) is 107 cm³/mol. The van der Waals surface area contributed by atoms with E-state index in [-0.39, 0.29) is 6.79 Å². The van der Waals surface area contributed by atoms with E-state index in [2.05, 4.69) is 25.7 Å². The van der Waals surface area contributed by atoms with Crippen molar-refractivity contribution in [2.24, 2.45) is 4.99 Å². The molecule has 1 heterocycles. The predicted octanol–water partition coefficient (Wildman–Crippen LogP) is 2.50. The standard InChI is InChI=1S/C20H24N4O4/c1-21-19(22-10-9-14-5-8-17-18(11-14)28-13-27-17)23-12-15-3-6-16(7-4-15)24-20(25)26-2/h3-8,11H,9-10,12-13H2,1-2H3,(H,24,25)(H2,21,22,23). The molecule has 3 rings (SSSR count). The molecule has 1 amide bonds. The number of hydrogen-bond acceptors (Lipinski definition) is 5. The lowest BCUT2D eigenvalue weighted by Crippen LogP contribution is -2.37. The summed E-state index contributed by atoms with van der Waals surface area (Å²) < 4.78 is 15.3. The summed E-state index contributed by atoms with van der Waals surface area (Å²) in [4.78, 5) is 15.4. The second kappa shape index (κ2) is 9.50. The Kier molecular flexibility index (Phi) is 6.56. The van der Waals surface area contributed by atoms with E-state index in [4.69, 9.17) is 9.47 Å². The van der Waals surface area contributed by atoms with Crippen LogP contribution in [-0.4, -0.2) is 39.5 Å². The van der Waals surface area contributed by atoms with Crippen LogP contribution < -0.4 is 25.4 Å². The topological polar surface area (TPSA) is 93.2 Å². The van der Waals surface area contributed by atoms with Crippen LogP contribution in [0.3, 0.4) is 0 Å². The molecule has 0 bridgehead atoms. The first-order valence-electron chi connectivity index (χ1n) is 8.95. The number of hydrogen-bond donors (Lipinski definition) is 3. The maximum atomic E-state index is 11.2. The number of ether oxygens (including phenoxy) is 3. The number of carbonyl (C=O) groups excluding carboxylic acids is 1. The Bertz CT molecular complexity index is 837. The fourth-order valence-corrected chi connectivity index (χ4v) is 2.70. The first kappa shape index (κ1) is 19.3. The van der Waals surface area contributed by atoms with Gasteiger partial charge in [0.1, 0.15) is 0 Å². The quantitative estimate of drug-likeness (QED) is 0.523. The molecule has 0 unspecified atom stereocenters. The van der Waals surface area contributed by atoms with Crippen LogP contribution in [0.5, 0.6) is 11.5 Å². The highest BCUT2D eigenvalue weighted by atomic mass is 16.7. The van der Waals surface area contributed by atoms with Crippen LogP contribution >= 0.6 is 0 Å². The van der Waals surface area contributed by atoms with Crippen molar-refractivity contribution in [2.45, 2.75) is 13.0 Å². The van der Waals surface area contributed by atoms with Gasteiger partial charge >= 0.3 is 6.09 Å². The van der Waals surface area contributed by atoms with Crippen LogP contribution in [0.2, 0.25) is 0 Å². The third-order valence-electron chi connectivity index (χ3n) is 4.21. The molecule has 8 nitrogen and oxygen atoms in total. The number of anilines is 1. The second-order valence-electron chi connectivity index (χ2n) is 6.10. The van der Waals surface area contributed by atoms with Gasteiger partial charge in [-0.15, -0.1) is 0 Å². The zero-order valence-corrected chi connectivity index (χ0v) is 16.0. The number of nitrogens with zero attached hydrogens (tertiary/aromatic N) is 1. The molecular formula is C20H24N4O4. The monoisotopic (exact) mass is 384 g/mol. The van der Waals surface area contributed by atoms with Crippen LogP contribution in [0, 0.1) is 0 Å². The average Bonchev–Trinajstić information content (AvgIpc) is 3.19. The van der Waals surface area contributed by atoms with Crippen LogP contribution in [0.1, 0.15) is 11.1 Å².